The van der Waals surface area contributed by atoms with Crippen molar-refractivity contribution in [1.82, 2.24) is 4.90 Å². The maximum atomic E-state index is 12.5. The Morgan fingerprint density at radius 3 is 2.18 bits per heavy atom. The summed E-state index contributed by atoms with van der Waals surface area (Å²) in [5, 5.41) is 12.5. The molecule has 0 saturated carbocycles. The number of hydrogen-bond donors (Lipinski definition) is 0. The predicted molar refractivity (Wildman–Crippen MR) is 95.6 cm³/mol. The molecule has 0 fully saturated rings. The van der Waals surface area contributed by atoms with E-state index < -0.39 is 0 Å². The molecule has 22 heavy (non-hydrogen) atoms. The molecule has 1 aromatic carbocycles. The van der Waals surface area contributed by atoms with Crippen molar-refractivity contribution in [3.63, 3.8) is 0 Å². The summed E-state index contributed by atoms with van der Waals surface area (Å²) in [6.07, 6.45) is 2.44. The lowest BCUT2D eigenvalue weighted by atomic mass is 9.85. The molecule has 0 heterocycles. The zero-order valence-electron chi connectivity index (χ0n) is 15.3. The minimum Gasteiger partial charge on any atom is -0.633 e. The molecule has 0 aliphatic carbocycles. The maximum absolute atomic E-state index is 12.5. The fourth-order valence-electron chi connectivity index (χ4n) is 2.94. The van der Waals surface area contributed by atoms with Crippen molar-refractivity contribution < 1.29 is 4.65 Å². The molecule has 2 atom stereocenters. The number of nitrogens with zero attached hydrogens (tertiary/aromatic N) is 2. The molecule has 0 saturated heterocycles. The van der Waals surface area contributed by atoms with Crippen LogP contribution >= 0.6 is 0 Å². The predicted octanol–water partition coefficient (Wildman–Crippen LogP) is 4.23. The first-order chi connectivity index (χ1) is 10.2. The van der Waals surface area contributed by atoms with Gasteiger partial charge in [0.25, 0.3) is 0 Å². The highest BCUT2D eigenvalue weighted by molar-refractivity contribution is 5.25. The molecule has 2 unspecified atom stereocenters. The van der Waals surface area contributed by atoms with Crippen molar-refractivity contribution in [2.75, 3.05) is 34.2 Å². The average molecular weight is 306 g/mol. The third-order valence-corrected chi connectivity index (χ3v) is 4.35. The number of hydrogen-bond acceptors (Lipinski definition) is 2. The van der Waals surface area contributed by atoms with Crippen LogP contribution in [0, 0.1) is 11.1 Å². The summed E-state index contributed by atoms with van der Waals surface area (Å²) in [4.78, 5) is 2.06. The highest BCUT2D eigenvalue weighted by atomic mass is 16.5. The summed E-state index contributed by atoms with van der Waals surface area (Å²) in [6.45, 7) is 8.83. The molecule has 0 aliphatic rings. The Morgan fingerprint density at radius 1 is 1.14 bits per heavy atom. The number of quaternary nitrogens is 1. The zero-order valence-corrected chi connectivity index (χ0v) is 15.3. The van der Waals surface area contributed by atoms with Gasteiger partial charge in [-0.05, 0) is 37.9 Å². The van der Waals surface area contributed by atoms with Crippen molar-refractivity contribution in [2.45, 2.75) is 46.1 Å². The van der Waals surface area contributed by atoms with E-state index in [1.165, 1.54) is 18.4 Å². The smallest absolute Gasteiger partial charge is 0.104 e. The van der Waals surface area contributed by atoms with Crippen molar-refractivity contribution in [3.8, 4) is 0 Å². The lowest BCUT2D eigenvalue weighted by molar-refractivity contribution is -0.873. The third kappa shape index (κ3) is 6.47. The average Bonchev–Trinajstić information content (AvgIpc) is 2.43. The van der Waals surface area contributed by atoms with Gasteiger partial charge in [0.05, 0.1) is 13.6 Å². The monoisotopic (exact) mass is 306 g/mol. The molecule has 3 heteroatoms. The molecule has 0 aromatic heterocycles. The van der Waals surface area contributed by atoms with Crippen LogP contribution < -0.4 is 0 Å². The lowest BCUT2D eigenvalue weighted by Gasteiger charge is -2.39. The number of rotatable bonds is 9. The summed E-state index contributed by atoms with van der Waals surface area (Å²) in [5.74, 6) is 1.28. The van der Waals surface area contributed by atoms with E-state index in [4.69, 9.17) is 0 Å². The van der Waals surface area contributed by atoms with E-state index in [1.54, 1.807) is 7.05 Å². The molecule has 126 valence electrons. The fraction of sp³-hybridized carbons (Fsp3) is 0.684. The van der Waals surface area contributed by atoms with E-state index in [2.05, 4.69) is 49.9 Å². The van der Waals surface area contributed by atoms with Crippen molar-refractivity contribution in [2.24, 2.45) is 5.92 Å². The Labute approximate surface area is 137 Å². The highest BCUT2D eigenvalue weighted by Gasteiger charge is 2.16. The number of benzene rings is 1. The Hall–Kier alpha value is -0.900. The van der Waals surface area contributed by atoms with Crippen molar-refractivity contribution in [3.05, 3.63) is 40.6 Å². The minimum absolute atomic E-state index is 0.208. The van der Waals surface area contributed by atoms with Gasteiger partial charge in [-0.3, -0.25) is 0 Å². The van der Waals surface area contributed by atoms with Crippen LogP contribution in [0.15, 0.2) is 24.3 Å². The van der Waals surface area contributed by atoms with E-state index in [0.29, 0.717) is 24.9 Å². The Balaban J connectivity index is 2.71. The van der Waals surface area contributed by atoms with E-state index in [0.717, 1.165) is 12.1 Å². The van der Waals surface area contributed by atoms with Gasteiger partial charge >= 0.3 is 0 Å². The summed E-state index contributed by atoms with van der Waals surface area (Å²) >= 11 is 0. The molecule has 1 aromatic rings. The molecule has 0 N–H and O–H groups in total. The van der Waals surface area contributed by atoms with Crippen LogP contribution in [0.4, 0.5) is 0 Å². The molecular weight excluding hydrogens is 272 g/mol. The fourth-order valence-corrected chi connectivity index (χ4v) is 2.94. The highest BCUT2D eigenvalue weighted by Crippen LogP contribution is 2.29. The van der Waals surface area contributed by atoms with E-state index in [-0.39, 0.29) is 4.65 Å². The lowest BCUT2D eigenvalue weighted by Crippen LogP contribution is -2.41. The largest absolute Gasteiger partial charge is 0.633 e. The van der Waals surface area contributed by atoms with Gasteiger partial charge in [0.1, 0.15) is 6.54 Å². The summed E-state index contributed by atoms with van der Waals surface area (Å²) in [6, 6.07) is 8.73. The minimum atomic E-state index is -0.208. The summed E-state index contributed by atoms with van der Waals surface area (Å²) in [5.41, 5.74) is 2.55. The second kappa shape index (κ2) is 8.66. The van der Waals surface area contributed by atoms with Crippen molar-refractivity contribution in [1.29, 1.82) is 0 Å². The van der Waals surface area contributed by atoms with Gasteiger partial charge in [0.2, 0.25) is 0 Å². The second-order valence-electron chi connectivity index (χ2n) is 7.36. The first-order valence-corrected chi connectivity index (χ1v) is 8.54. The SMILES string of the molecule is CCCC(c1ccc(C[N+](C)([O-])CCN(C)C)cc1)C(C)C. The van der Waals surface area contributed by atoms with Crippen LogP contribution in [0.1, 0.15) is 50.7 Å². The number of hydroxylamine groups is 3. The van der Waals surface area contributed by atoms with Crippen LogP contribution in [-0.4, -0.2) is 43.8 Å². The molecule has 1 rings (SSSR count). The zero-order chi connectivity index (χ0) is 16.8. The van der Waals surface area contributed by atoms with Crippen LogP contribution in [-0.2, 0) is 6.54 Å². The molecule has 0 aliphatic heterocycles. The van der Waals surface area contributed by atoms with Gasteiger partial charge in [-0.2, -0.15) is 0 Å². The Kier molecular flexibility index (Phi) is 7.54. The van der Waals surface area contributed by atoms with Crippen LogP contribution in [0.2, 0.25) is 0 Å². The van der Waals surface area contributed by atoms with Crippen LogP contribution in [0.3, 0.4) is 0 Å². The maximum Gasteiger partial charge on any atom is 0.104 e. The second-order valence-corrected chi connectivity index (χ2v) is 7.36. The topological polar surface area (TPSA) is 26.3 Å². The van der Waals surface area contributed by atoms with Crippen LogP contribution in [0.5, 0.6) is 0 Å². The molecule has 0 amide bonds. The van der Waals surface area contributed by atoms with Gasteiger partial charge < -0.3 is 14.8 Å². The first kappa shape index (κ1) is 19.1. The van der Waals surface area contributed by atoms with Crippen molar-refractivity contribution >= 4 is 0 Å². The number of likely N-dealkylation sites (N-methyl/N-ethyl adjacent to an activating group) is 2. The van der Waals surface area contributed by atoms with E-state index >= 15 is 0 Å². The Morgan fingerprint density at radius 2 is 1.73 bits per heavy atom. The quantitative estimate of drug-likeness (QED) is 0.504. The molecule has 0 spiro atoms. The van der Waals surface area contributed by atoms with Gasteiger partial charge in [-0.15, -0.1) is 0 Å². The van der Waals surface area contributed by atoms with Gasteiger partial charge in [0.15, 0.2) is 0 Å². The summed E-state index contributed by atoms with van der Waals surface area (Å²) < 4.78 is -0.208. The van der Waals surface area contributed by atoms with Gasteiger partial charge in [-0.25, -0.2) is 0 Å². The standard InChI is InChI=1S/C19H34N2O/c1-7-8-19(16(2)3)18-11-9-17(10-12-18)15-21(6,22)14-13-20(4)5/h9-12,16,19H,7-8,13-15H2,1-6H3. The molecular formula is C19H34N2O. The van der Waals surface area contributed by atoms with Crippen LogP contribution in [0.25, 0.3) is 0 Å². The summed E-state index contributed by atoms with van der Waals surface area (Å²) in [7, 11) is 5.79. The Bertz CT molecular complexity index is 424. The third-order valence-electron chi connectivity index (χ3n) is 4.35. The van der Waals surface area contributed by atoms with Gasteiger partial charge in [-0.1, -0.05) is 51.5 Å². The van der Waals surface area contributed by atoms with E-state index in [1.807, 2.05) is 14.1 Å². The molecule has 3 nitrogen and oxygen atoms in total. The molecule has 0 radical (unpaired) electrons. The normalized spacial score (nSPS) is 16.0. The molecule has 0 bridgehead atoms. The van der Waals surface area contributed by atoms with E-state index in [9.17, 15) is 5.21 Å². The van der Waals surface area contributed by atoms with Gasteiger partial charge in [0, 0.05) is 12.1 Å². The first-order valence-electron chi connectivity index (χ1n) is 8.54.